The fourth-order valence-corrected chi connectivity index (χ4v) is 3.43. The summed E-state index contributed by atoms with van der Waals surface area (Å²) in [4.78, 5) is 6.98. The molecule has 96 valence electrons. The highest BCUT2D eigenvalue weighted by molar-refractivity contribution is 7.22. The Hall–Kier alpha value is -1.33. The summed E-state index contributed by atoms with van der Waals surface area (Å²) in [6.45, 7) is 6.02. The van der Waals surface area contributed by atoms with Gasteiger partial charge in [-0.25, -0.2) is 4.98 Å². The molecular formula is C13H17N3OS. The first-order chi connectivity index (χ1) is 8.61. The second kappa shape index (κ2) is 4.40. The summed E-state index contributed by atoms with van der Waals surface area (Å²) in [6, 6.07) is 5.87. The van der Waals surface area contributed by atoms with Crippen LogP contribution in [0.5, 0.6) is 0 Å². The van der Waals surface area contributed by atoms with Gasteiger partial charge >= 0.3 is 0 Å². The van der Waals surface area contributed by atoms with Gasteiger partial charge in [-0.3, -0.25) is 0 Å². The lowest BCUT2D eigenvalue weighted by Gasteiger charge is -2.35. The number of ether oxygens (including phenoxy) is 1. The molecule has 1 aliphatic heterocycles. The number of hydrogen-bond acceptors (Lipinski definition) is 5. The normalized spacial score (nSPS) is 24.7. The van der Waals surface area contributed by atoms with Crippen molar-refractivity contribution in [3.05, 3.63) is 18.2 Å². The minimum Gasteiger partial charge on any atom is -0.399 e. The fourth-order valence-electron chi connectivity index (χ4n) is 2.40. The second-order valence-corrected chi connectivity index (χ2v) is 5.90. The molecule has 0 saturated carbocycles. The lowest BCUT2D eigenvalue weighted by atomic mass is 10.2. The molecule has 1 saturated heterocycles. The summed E-state index contributed by atoms with van der Waals surface area (Å²) in [5.41, 5.74) is 7.62. The quantitative estimate of drug-likeness (QED) is 0.803. The molecule has 5 heteroatoms. The molecule has 1 aromatic heterocycles. The molecule has 2 aromatic rings. The monoisotopic (exact) mass is 263 g/mol. The number of hydrogen-bond donors (Lipinski definition) is 1. The van der Waals surface area contributed by atoms with Crippen molar-refractivity contribution in [3.8, 4) is 0 Å². The zero-order chi connectivity index (χ0) is 12.7. The van der Waals surface area contributed by atoms with E-state index in [1.165, 1.54) is 0 Å². The molecule has 0 amide bonds. The molecule has 0 aliphatic carbocycles. The van der Waals surface area contributed by atoms with E-state index in [1.54, 1.807) is 11.3 Å². The van der Waals surface area contributed by atoms with Crippen molar-refractivity contribution in [3.63, 3.8) is 0 Å². The molecule has 2 heterocycles. The van der Waals surface area contributed by atoms with E-state index in [2.05, 4.69) is 23.7 Å². The van der Waals surface area contributed by atoms with Gasteiger partial charge in [0.1, 0.15) is 0 Å². The number of anilines is 2. The average molecular weight is 263 g/mol. The summed E-state index contributed by atoms with van der Waals surface area (Å²) >= 11 is 1.70. The van der Waals surface area contributed by atoms with E-state index < -0.39 is 0 Å². The zero-order valence-corrected chi connectivity index (χ0v) is 11.4. The molecule has 0 spiro atoms. The number of thiazole rings is 1. The highest BCUT2D eigenvalue weighted by Gasteiger charge is 2.24. The van der Waals surface area contributed by atoms with E-state index in [9.17, 15) is 0 Å². The van der Waals surface area contributed by atoms with Gasteiger partial charge in [0.15, 0.2) is 5.13 Å². The van der Waals surface area contributed by atoms with Gasteiger partial charge in [0.25, 0.3) is 0 Å². The smallest absolute Gasteiger partial charge is 0.186 e. The molecule has 2 atom stereocenters. The van der Waals surface area contributed by atoms with Crippen molar-refractivity contribution in [1.82, 2.24) is 4.98 Å². The van der Waals surface area contributed by atoms with Crippen LogP contribution < -0.4 is 10.6 Å². The van der Waals surface area contributed by atoms with Gasteiger partial charge in [-0.15, -0.1) is 0 Å². The number of nitrogen functional groups attached to an aromatic ring is 1. The van der Waals surface area contributed by atoms with Crippen LogP contribution in [-0.2, 0) is 4.74 Å². The Morgan fingerprint density at radius 1 is 1.33 bits per heavy atom. The van der Waals surface area contributed by atoms with Crippen molar-refractivity contribution in [2.45, 2.75) is 26.1 Å². The highest BCUT2D eigenvalue weighted by atomic mass is 32.1. The van der Waals surface area contributed by atoms with Gasteiger partial charge in [-0.2, -0.15) is 0 Å². The maximum atomic E-state index is 5.80. The van der Waals surface area contributed by atoms with Crippen LogP contribution in [0.2, 0.25) is 0 Å². The third-order valence-electron chi connectivity index (χ3n) is 3.09. The maximum Gasteiger partial charge on any atom is 0.186 e. The van der Waals surface area contributed by atoms with E-state index in [-0.39, 0.29) is 12.2 Å². The summed E-state index contributed by atoms with van der Waals surface area (Å²) in [7, 11) is 0. The number of aromatic nitrogens is 1. The predicted octanol–water partition coefficient (Wildman–Crippen LogP) is 2.49. The number of nitrogens with zero attached hydrogens (tertiary/aromatic N) is 2. The Kier molecular flexibility index (Phi) is 2.87. The van der Waals surface area contributed by atoms with Crippen LogP contribution in [0.25, 0.3) is 10.2 Å². The van der Waals surface area contributed by atoms with Gasteiger partial charge in [0.05, 0.1) is 22.4 Å². The molecule has 0 bridgehead atoms. The molecule has 4 nitrogen and oxygen atoms in total. The molecule has 3 rings (SSSR count). The lowest BCUT2D eigenvalue weighted by molar-refractivity contribution is -0.00521. The molecule has 1 fully saturated rings. The third-order valence-corrected chi connectivity index (χ3v) is 4.17. The van der Waals surface area contributed by atoms with Gasteiger partial charge in [0, 0.05) is 18.8 Å². The van der Waals surface area contributed by atoms with E-state index >= 15 is 0 Å². The molecule has 1 aromatic carbocycles. The van der Waals surface area contributed by atoms with E-state index in [0.29, 0.717) is 0 Å². The van der Waals surface area contributed by atoms with Crippen molar-refractivity contribution in [2.75, 3.05) is 23.7 Å². The van der Waals surface area contributed by atoms with Crippen molar-refractivity contribution in [2.24, 2.45) is 0 Å². The number of fused-ring (bicyclic) bond motifs is 1. The Morgan fingerprint density at radius 2 is 2.06 bits per heavy atom. The first kappa shape index (κ1) is 11.7. The third kappa shape index (κ3) is 2.15. The summed E-state index contributed by atoms with van der Waals surface area (Å²) in [5.74, 6) is 0. The van der Waals surface area contributed by atoms with Crippen LogP contribution in [0.3, 0.4) is 0 Å². The van der Waals surface area contributed by atoms with Crippen molar-refractivity contribution < 1.29 is 4.74 Å². The minimum atomic E-state index is 0.255. The van der Waals surface area contributed by atoms with E-state index in [0.717, 1.165) is 34.1 Å². The van der Waals surface area contributed by atoms with Gasteiger partial charge < -0.3 is 15.4 Å². The maximum absolute atomic E-state index is 5.80. The number of rotatable bonds is 1. The van der Waals surface area contributed by atoms with Gasteiger partial charge in [-0.05, 0) is 32.0 Å². The Bertz CT molecular complexity index is 558. The topological polar surface area (TPSA) is 51.4 Å². The molecule has 2 unspecified atom stereocenters. The largest absolute Gasteiger partial charge is 0.399 e. The first-order valence-electron chi connectivity index (χ1n) is 6.18. The van der Waals surface area contributed by atoms with Gasteiger partial charge in [-0.1, -0.05) is 11.3 Å². The zero-order valence-electron chi connectivity index (χ0n) is 10.6. The van der Waals surface area contributed by atoms with Crippen LogP contribution in [-0.4, -0.2) is 30.3 Å². The average Bonchev–Trinajstić information content (AvgIpc) is 2.70. The SMILES string of the molecule is CC1CN(c2nc3ccc(N)cc3s2)CC(C)O1. The molecule has 1 aliphatic rings. The summed E-state index contributed by atoms with van der Waals surface area (Å²) in [5, 5.41) is 1.07. The second-order valence-electron chi connectivity index (χ2n) is 4.89. The van der Waals surface area contributed by atoms with Crippen LogP contribution in [0.1, 0.15) is 13.8 Å². The van der Waals surface area contributed by atoms with E-state index in [1.807, 2.05) is 18.2 Å². The van der Waals surface area contributed by atoms with Crippen LogP contribution in [0.4, 0.5) is 10.8 Å². The van der Waals surface area contributed by atoms with E-state index in [4.69, 9.17) is 10.5 Å². The number of benzene rings is 1. The standard InChI is InChI=1S/C13H17N3OS/c1-8-6-16(7-9(2)17-8)13-15-11-4-3-10(14)5-12(11)18-13/h3-5,8-9H,6-7,14H2,1-2H3. The van der Waals surface area contributed by atoms with Crippen molar-refractivity contribution in [1.29, 1.82) is 0 Å². The van der Waals surface area contributed by atoms with Crippen LogP contribution in [0, 0.1) is 0 Å². The van der Waals surface area contributed by atoms with Gasteiger partial charge in [0.2, 0.25) is 0 Å². The molecule has 0 radical (unpaired) electrons. The lowest BCUT2D eigenvalue weighted by Crippen LogP contribution is -2.45. The Balaban J connectivity index is 1.93. The highest BCUT2D eigenvalue weighted by Crippen LogP contribution is 2.31. The molecule has 2 N–H and O–H groups in total. The van der Waals surface area contributed by atoms with Crippen molar-refractivity contribution >= 4 is 32.4 Å². The number of nitrogens with two attached hydrogens (primary N) is 1. The Morgan fingerprint density at radius 3 is 2.78 bits per heavy atom. The molecular weight excluding hydrogens is 246 g/mol. The summed E-state index contributed by atoms with van der Waals surface area (Å²) in [6.07, 6.45) is 0.511. The van der Waals surface area contributed by atoms with Crippen LogP contribution in [0.15, 0.2) is 18.2 Å². The fraction of sp³-hybridized carbons (Fsp3) is 0.462. The van der Waals surface area contributed by atoms with Crippen LogP contribution >= 0.6 is 11.3 Å². The minimum absolute atomic E-state index is 0.255. The predicted molar refractivity (Wildman–Crippen MR) is 76.3 cm³/mol. The number of morpholine rings is 1. The molecule has 18 heavy (non-hydrogen) atoms. The Labute approximate surface area is 110 Å². The summed E-state index contributed by atoms with van der Waals surface area (Å²) < 4.78 is 6.90. The first-order valence-corrected chi connectivity index (χ1v) is 7.00.